The van der Waals surface area contributed by atoms with Gasteiger partial charge in [0.1, 0.15) is 0 Å². The minimum Gasteiger partial charge on any atom is -0.311 e. The largest absolute Gasteiger partial charge is 0.311 e. The Labute approximate surface area is 380 Å². The number of thiophene rings is 1. The van der Waals surface area contributed by atoms with Crippen molar-refractivity contribution in [3.63, 3.8) is 0 Å². The third kappa shape index (κ3) is 5.81. The Balaban J connectivity index is 1.24. The van der Waals surface area contributed by atoms with E-state index in [1.807, 2.05) is 11.3 Å². The summed E-state index contributed by atoms with van der Waals surface area (Å²) in [5, 5.41) is 2.73. The van der Waals surface area contributed by atoms with Crippen LogP contribution in [0.5, 0.6) is 0 Å². The molecule has 1 saturated carbocycles. The summed E-state index contributed by atoms with van der Waals surface area (Å²) in [4.78, 5) is 5.50. The molecule has 0 amide bonds. The molecule has 0 unspecified atom stereocenters. The van der Waals surface area contributed by atoms with Gasteiger partial charge in [-0.05, 0) is 165 Å². The Morgan fingerprint density at radius 2 is 1.14 bits per heavy atom. The topological polar surface area (TPSA) is 6.48 Å². The quantitative estimate of drug-likeness (QED) is 0.164. The Bertz CT molecular complexity index is 3050. The van der Waals surface area contributed by atoms with E-state index in [1.165, 1.54) is 156 Å². The van der Waals surface area contributed by atoms with Gasteiger partial charge in [0.15, 0.2) is 0 Å². The summed E-state index contributed by atoms with van der Waals surface area (Å²) >= 11 is 1.98. The smallest absolute Gasteiger partial charge is 0.252 e. The second kappa shape index (κ2) is 13.6. The van der Waals surface area contributed by atoms with Crippen LogP contribution in [0, 0.1) is 6.92 Å². The summed E-state index contributed by atoms with van der Waals surface area (Å²) in [6, 6.07) is 41.7. The molecule has 0 spiro atoms. The first-order valence-corrected chi connectivity index (χ1v) is 25.1. The van der Waals surface area contributed by atoms with Crippen LogP contribution in [-0.4, -0.2) is 6.71 Å². The summed E-state index contributed by atoms with van der Waals surface area (Å²) in [7, 11) is 0. The summed E-state index contributed by atoms with van der Waals surface area (Å²) < 4.78 is 2.76. The van der Waals surface area contributed by atoms with Gasteiger partial charge in [-0.2, -0.15) is 0 Å². The van der Waals surface area contributed by atoms with Gasteiger partial charge in [-0.25, -0.2) is 0 Å². The number of hydrogen-bond donors (Lipinski definition) is 0. The van der Waals surface area contributed by atoms with Crippen molar-refractivity contribution < 1.29 is 0 Å². The van der Waals surface area contributed by atoms with Crippen LogP contribution >= 0.6 is 11.3 Å². The van der Waals surface area contributed by atoms with E-state index in [2.05, 4.69) is 175 Å². The predicted octanol–water partition coefficient (Wildman–Crippen LogP) is 15.2. The zero-order valence-electron chi connectivity index (χ0n) is 39.1. The maximum atomic E-state index is 2.77. The molecule has 1 fully saturated rings. The predicted molar refractivity (Wildman–Crippen MR) is 274 cm³/mol. The summed E-state index contributed by atoms with van der Waals surface area (Å²) in [6.45, 7) is 22.3. The molecule has 0 radical (unpaired) electrons. The van der Waals surface area contributed by atoms with Crippen molar-refractivity contribution in [2.45, 2.75) is 148 Å². The second-order valence-corrected chi connectivity index (χ2v) is 24.0. The highest BCUT2D eigenvalue weighted by Crippen LogP contribution is 2.54. The number of para-hydroxylation sites is 1. The molecule has 63 heavy (non-hydrogen) atoms. The van der Waals surface area contributed by atoms with Crippen LogP contribution in [0.4, 0.5) is 34.1 Å². The van der Waals surface area contributed by atoms with Crippen molar-refractivity contribution in [2.24, 2.45) is 0 Å². The molecule has 7 aromatic rings. The Kier molecular flexibility index (Phi) is 8.60. The molecule has 3 heterocycles. The summed E-state index contributed by atoms with van der Waals surface area (Å²) in [5.41, 5.74) is 21.8. The van der Waals surface area contributed by atoms with Gasteiger partial charge in [0.05, 0.1) is 10.4 Å². The molecule has 0 bridgehead atoms. The van der Waals surface area contributed by atoms with Crippen LogP contribution in [0.25, 0.3) is 20.2 Å². The van der Waals surface area contributed by atoms with Crippen LogP contribution in [-0.2, 0) is 21.7 Å². The maximum absolute atomic E-state index is 2.77. The summed E-state index contributed by atoms with van der Waals surface area (Å²) in [5.74, 6) is 0.550. The lowest BCUT2D eigenvalue weighted by Crippen LogP contribution is -2.62. The zero-order chi connectivity index (χ0) is 43.4. The number of fused-ring (bicyclic) bond motifs is 10. The van der Waals surface area contributed by atoms with E-state index in [1.54, 1.807) is 5.56 Å². The minimum atomic E-state index is 0.0815. The van der Waals surface area contributed by atoms with Gasteiger partial charge in [0.25, 0.3) is 6.71 Å². The molecule has 6 aromatic carbocycles. The fraction of sp³-hybridized carbons (Fsp3) is 0.390. The molecule has 2 nitrogen and oxygen atoms in total. The highest BCUT2D eigenvalue weighted by Gasteiger charge is 2.48. The third-order valence-electron chi connectivity index (χ3n) is 17.1. The number of anilines is 6. The molecule has 3 aliphatic carbocycles. The van der Waals surface area contributed by atoms with Gasteiger partial charge < -0.3 is 9.80 Å². The van der Waals surface area contributed by atoms with E-state index >= 15 is 0 Å². The molecule has 0 N–H and O–H groups in total. The fourth-order valence-corrected chi connectivity index (χ4v) is 14.3. The van der Waals surface area contributed by atoms with Gasteiger partial charge in [-0.3, -0.25) is 0 Å². The zero-order valence-corrected chi connectivity index (χ0v) is 40.0. The van der Waals surface area contributed by atoms with Gasteiger partial charge in [-0.1, -0.05) is 135 Å². The monoisotopic (exact) mass is 842 g/mol. The number of nitrogens with zero attached hydrogens (tertiary/aromatic N) is 2. The highest BCUT2D eigenvalue weighted by atomic mass is 32.1. The lowest BCUT2D eigenvalue weighted by Gasteiger charge is -2.48. The van der Waals surface area contributed by atoms with E-state index in [0.717, 1.165) is 0 Å². The van der Waals surface area contributed by atoms with Gasteiger partial charge >= 0.3 is 0 Å². The Hall–Kier alpha value is -4.80. The molecule has 1 aromatic heterocycles. The molecule has 318 valence electrons. The van der Waals surface area contributed by atoms with Crippen molar-refractivity contribution in [1.82, 2.24) is 0 Å². The van der Waals surface area contributed by atoms with Crippen molar-refractivity contribution in [3.05, 3.63) is 137 Å². The number of hydrogen-bond acceptors (Lipinski definition) is 3. The van der Waals surface area contributed by atoms with Crippen LogP contribution in [0.15, 0.2) is 103 Å². The minimum absolute atomic E-state index is 0.0815. The molecule has 2 aliphatic heterocycles. The van der Waals surface area contributed by atoms with E-state index in [0.29, 0.717) is 5.92 Å². The first-order valence-electron chi connectivity index (χ1n) is 24.2. The molecular weight excluding hydrogens is 780 g/mol. The van der Waals surface area contributed by atoms with Gasteiger partial charge in [0.2, 0.25) is 0 Å². The molecule has 4 heteroatoms. The van der Waals surface area contributed by atoms with E-state index in [-0.39, 0.29) is 28.4 Å². The van der Waals surface area contributed by atoms with Crippen molar-refractivity contribution >= 4 is 88.7 Å². The van der Waals surface area contributed by atoms with Crippen molar-refractivity contribution in [3.8, 4) is 0 Å². The molecule has 5 aliphatic rings. The van der Waals surface area contributed by atoms with Gasteiger partial charge in [-0.15, -0.1) is 11.3 Å². The molecular formula is C59H63BN2S. The summed E-state index contributed by atoms with van der Waals surface area (Å²) in [6.07, 6.45) is 11.3. The Morgan fingerprint density at radius 3 is 1.86 bits per heavy atom. The number of aryl methyl sites for hydroxylation is 1. The van der Waals surface area contributed by atoms with Crippen LogP contribution in [0.3, 0.4) is 0 Å². The molecule has 0 saturated heterocycles. The average molecular weight is 843 g/mol. The first-order chi connectivity index (χ1) is 30.1. The number of rotatable bonds is 3. The van der Waals surface area contributed by atoms with E-state index in [9.17, 15) is 0 Å². The number of benzene rings is 6. The Morgan fingerprint density at radius 1 is 0.524 bits per heavy atom. The lowest BCUT2D eigenvalue weighted by atomic mass is 9.33. The van der Waals surface area contributed by atoms with Crippen molar-refractivity contribution in [1.29, 1.82) is 0 Å². The fourth-order valence-electron chi connectivity index (χ4n) is 13.1. The van der Waals surface area contributed by atoms with Crippen LogP contribution < -0.4 is 26.2 Å². The normalized spacial score (nSPS) is 20.2. The highest BCUT2D eigenvalue weighted by molar-refractivity contribution is 7.26. The average Bonchev–Trinajstić information content (AvgIpc) is 3.66. The SMILES string of the molecule is Cc1ccccc1N1c2cc(C3CCCCC3)cc3c2B(c2cc4c(cc2N3c2ccc3c(c2)C(C)(C)CCC3(C)C)C(C)(C)CCC4(C)C)c2ccc3c(sc4ccccc43)c21. The van der Waals surface area contributed by atoms with E-state index < -0.39 is 0 Å². The third-order valence-corrected chi connectivity index (χ3v) is 18.3. The molecule has 12 rings (SSSR count). The van der Waals surface area contributed by atoms with Gasteiger partial charge in [0, 0.05) is 43.9 Å². The maximum Gasteiger partial charge on any atom is 0.252 e. The first kappa shape index (κ1) is 39.8. The van der Waals surface area contributed by atoms with Crippen LogP contribution in [0.1, 0.15) is 152 Å². The molecule has 0 atom stereocenters. The van der Waals surface area contributed by atoms with Crippen LogP contribution in [0.2, 0.25) is 0 Å². The second-order valence-electron chi connectivity index (χ2n) is 22.9. The standard InChI is InChI=1S/C59H63BN2S/c1-36-17-13-15-21-48(36)62-51-32-38(37-18-11-10-12-19-37)31-50-53(51)60(46-26-24-41-40-20-14-16-22-52(40)63-55(41)54(46)62)47-34-44-45(59(8,9)30-29-58(44,6)7)35-49(47)61(50)39-23-25-42-43(33-39)57(4,5)28-27-56(42,2)3/h13-17,20-26,31-35,37H,10-12,18-19,27-30H2,1-9H3. The lowest BCUT2D eigenvalue weighted by molar-refractivity contribution is 0.332. The van der Waals surface area contributed by atoms with Crippen molar-refractivity contribution in [2.75, 3.05) is 9.80 Å². The van der Waals surface area contributed by atoms with E-state index in [4.69, 9.17) is 0 Å².